The van der Waals surface area contributed by atoms with E-state index in [9.17, 15) is 26.4 Å². The number of carbonyl (C=O) groups is 1. The van der Waals surface area contributed by atoms with Crippen molar-refractivity contribution in [2.45, 2.75) is 42.8 Å². The maximum absolute atomic E-state index is 12.7. The third-order valence-corrected chi connectivity index (χ3v) is 5.66. The summed E-state index contributed by atoms with van der Waals surface area (Å²) in [6.07, 6.45) is -1.93. The number of halogens is 3. The number of hydrogen-bond acceptors (Lipinski definition) is 3. The quantitative estimate of drug-likeness (QED) is 0.795. The number of benzene rings is 1. The molecule has 0 saturated carbocycles. The Kier molecular flexibility index (Phi) is 4.91. The lowest BCUT2D eigenvalue weighted by Gasteiger charge is -2.33. The largest absolute Gasteiger partial charge is 0.416 e. The van der Waals surface area contributed by atoms with Crippen LogP contribution in [0.2, 0.25) is 0 Å². The Labute approximate surface area is 127 Å². The van der Waals surface area contributed by atoms with E-state index in [-0.39, 0.29) is 17.9 Å². The van der Waals surface area contributed by atoms with Gasteiger partial charge in [-0.1, -0.05) is 12.5 Å². The number of nitrogens with zero attached hydrogens (tertiary/aromatic N) is 1. The molecule has 122 valence electrons. The van der Waals surface area contributed by atoms with Gasteiger partial charge in [0.1, 0.15) is 6.29 Å². The average Bonchev–Trinajstić information content (AvgIpc) is 2.47. The molecule has 1 saturated heterocycles. The first-order valence-corrected chi connectivity index (χ1v) is 8.33. The molecule has 0 radical (unpaired) electrons. The molecule has 4 nitrogen and oxygen atoms in total. The molecule has 0 aliphatic carbocycles. The van der Waals surface area contributed by atoms with E-state index in [1.165, 1.54) is 0 Å². The number of aldehydes is 1. The molecule has 1 heterocycles. The Morgan fingerprint density at radius 1 is 1.27 bits per heavy atom. The molecule has 0 spiro atoms. The molecule has 1 aliphatic heterocycles. The van der Waals surface area contributed by atoms with Gasteiger partial charge in [0.25, 0.3) is 0 Å². The van der Waals surface area contributed by atoms with E-state index in [1.54, 1.807) is 0 Å². The van der Waals surface area contributed by atoms with E-state index in [2.05, 4.69) is 0 Å². The second-order valence-electron chi connectivity index (χ2n) is 5.19. The molecule has 1 fully saturated rings. The minimum Gasteiger partial charge on any atom is -0.303 e. The predicted molar refractivity (Wildman–Crippen MR) is 73.7 cm³/mol. The molecule has 1 unspecified atom stereocenters. The van der Waals surface area contributed by atoms with Crippen LogP contribution in [0.25, 0.3) is 0 Å². The van der Waals surface area contributed by atoms with Crippen molar-refractivity contribution in [3.05, 3.63) is 29.8 Å². The molecule has 1 aliphatic rings. The van der Waals surface area contributed by atoms with E-state index < -0.39 is 27.8 Å². The molecule has 2 rings (SSSR count). The average molecular weight is 335 g/mol. The summed E-state index contributed by atoms with van der Waals surface area (Å²) in [4.78, 5) is 10.3. The minimum atomic E-state index is -4.60. The first-order chi connectivity index (χ1) is 10.3. The third-order valence-electron chi connectivity index (χ3n) is 3.71. The zero-order chi connectivity index (χ0) is 16.4. The van der Waals surface area contributed by atoms with Crippen LogP contribution in [-0.4, -0.2) is 31.6 Å². The molecule has 1 aromatic rings. The molecule has 8 heteroatoms. The summed E-state index contributed by atoms with van der Waals surface area (Å²) in [6, 6.07) is 3.22. The van der Waals surface area contributed by atoms with Gasteiger partial charge in [0.05, 0.1) is 10.5 Å². The molecule has 1 atom stereocenters. The van der Waals surface area contributed by atoms with E-state index >= 15 is 0 Å². The number of rotatable bonds is 4. The summed E-state index contributed by atoms with van der Waals surface area (Å²) in [5.74, 6) is 0. The van der Waals surface area contributed by atoms with Crippen molar-refractivity contribution in [2.75, 3.05) is 6.54 Å². The van der Waals surface area contributed by atoms with Crippen molar-refractivity contribution in [3.63, 3.8) is 0 Å². The number of hydrogen-bond donors (Lipinski definition) is 0. The van der Waals surface area contributed by atoms with Crippen LogP contribution in [0.15, 0.2) is 29.2 Å². The van der Waals surface area contributed by atoms with Crippen LogP contribution in [0.5, 0.6) is 0 Å². The molecule has 22 heavy (non-hydrogen) atoms. The lowest BCUT2D eigenvalue weighted by Crippen LogP contribution is -2.43. The molecular formula is C14H16F3NO3S. The maximum Gasteiger partial charge on any atom is 0.416 e. The van der Waals surface area contributed by atoms with Crippen LogP contribution < -0.4 is 0 Å². The van der Waals surface area contributed by atoms with Gasteiger partial charge < -0.3 is 4.79 Å². The first kappa shape index (κ1) is 17.0. The van der Waals surface area contributed by atoms with Gasteiger partial charge in [-0.15, -0.1) is 0 Å². The summed E-state index contributed by atoms with van der Waals surface area (Å²) in [7, 11) is -4.04. The lowest BCUT2D eigenvalue weighted by molar-refractivity contribution is -0.137. The Bertz CT molecular complexity index is 643. The van der Waals surface area contributed by atoms with Crippen LogP contribution in [0.4, 0.5) is 13.2 Å². The van der Waals surface area contributed by atoms with Gasteiger partial charge in [-0.2, -0.15) is 17.5 Å². The van der Waals surface area contributed by atoms with Gasteiger partial charge in [-0.25, -0.2) is 8.42 Å². The standard InChI is InChI=1S/C14H16F3NO3S/c15-14(16,17)11-4-3-6-13(10-11)22(20,21)18-8-2-1-5-12(18)7-9-19/h3-4,6,9-10,12H,1-2,5,7-8H2. The summed E-state index contributed by atoms with van der Waals surface area (Å²) in [5, 5.41) is 0. The highest BCUT2D eigenvalue weighted by atomic mass is 32.2. The second-order valence-corrected chi connectivity index (χ2v) is 7.08. The fraction of sp³-hybridized carbons (Fsp3) is 0.500. The van der Waals surface area contributed by atoms with E-state index in [1.807, 2.05) is 0 Å². The van der Waals surface area contributed by atoms with Crippen molar-refractivity contribution in [1.82, 2.24) is 4.31 Å². The fourth-order valence-corrected chi connectivity index (χ4v) is 4.36. The highest BCUT2D eigenvalue weighted by Gasteiger charge is 2.36. The van der Waals surface area contributed by atoms with Crippen LogP contribution in [0.1, 0.15) is 31.2 Å². The van der Waals surface area contributed by atoms with E-state index in [0.717, 1.165) is 28.9 Å². The highest BCUT2D eigenvalue weighted by molar-refractivity contribution is 7.89. The summed E-state index contributed by atoms with van der Waals surface area (Å²) in [5.41, 5.74) is -1.00. The number of carbonyl (C=O) groups excluding carboxylic acids is 1. The number of alkyl halides is 3. The van der Waals surface area contributed by atoms with Gasteiger partial charge in [0.15, 0.2) is 0 Å². The van der Waals surface area contributed by atoms with Crippen molar-refractivity contribution < 1.29 is 26.4 Å². The van der Waals surface area contributed by atoms with Gasteiger partial charge >= 0.3 is 6.18 Å². The van der Waals surface area contributed by atoms with Crippen molar-refractivity contribution in [3.8, 4) is 0 Å². The molecular weight excluding hydrogens is 319 g/mol. The molecule has 0 aromatic heterocycles. The van der Waals surface area contributed by atoms with E-state index in [4.69, 9.17) is 0 Å². The predicted octanol–water partition coefficient (Wildman–Crippen LogP) is 2.84. The smallest absolute Gasteiger partial charge is 0.303 e. The van der Waals surface area contributed by atoms with Crippen LogP contribution in [0.3, 0.4) is 0 Å². The van der Waals surface area contributed by atoms with Crippen molar-refractivity contribution >= 4 is 16.3 Å². The summed E-state index contributed by atoms with van der Waals surface area (Å²) in [6.45, 7) is 0.219. The van der Waals surface area contributed by atoms with Gasteiger partial charge in [0.2, 0.25) is 10.0 Å². The Morgan fingerprint density at radius 3 is 2.64 bits per heavy atom. The Balaban J connectivity index is 2.39. The fourth-order valence-electron chi connectivity index (χ4n) is 2.61. The number of piperidine rings is 1. The zero-order valence-corrected chi connectivity index (χ0v) is 12.5. The first-order valence-electron chi connectivity index (χ1n) is 6.89. The lowest BCUT2D eigenvalue weighted by atomic mass is 10.0. The van der Waals surface area contributed by atoms with Crippen molar-refractivity contribution in [1.29, 1.82) is 0 Å². The Hall–Kier alpha value is -1.41. The third kappa shape index (κ3) is 3.49. The maximum atomic E-state index is 12.7. The van der Waals surface area contributed by atoms with E-state index in [0.29, 0.717) is 25.2 Å². The van der Waals surface area contributed by atoms with Gasteiger partial charge in [-0.05, 0) is 31.0 Å². The van der Waals surface area contributed by atoms with Crippen LogP contribution in [-0.2, 0) is 21.0 Å². The van der Waals surface area contributed by atoms with Gasteiger partial charge in [-0.3, -0.25) is 0 Å². The van der Waals surface area contributed by atoms with Crippen LogP contribution >= 0.6 is 0 Å². The summed E-state index contributed by atoms with van der Waals surface area (Å²) >= 11 is 0. The molecule has 0 amide bonds. The zero-order valence-electron chi connectivity index (χ0n) is 11.7. The number of sulfonamides is 1. The SMILES string of the molecule is O=CCC1CCCCN1S(=O)(=O)c1cccc(C(F)(F)F)c1. The monoisotopic (exact) mass is 335 g/mol. The Morgan fingerprint density at radius 2 is 2.00 bits per heavy atom. The molecule has 0 bridgehead atoms. The van der Waals surface area contributed by atoms with Crippen molar-refractivity contribution in [2.24, 2.45) is 0 Å². The normalized spacial score (nSPS) is 20.8. The molecule has 0 N–H and O–H groups in total. The minimum absolute atomic E-state index is 0.0538. The van der Waals surface area contributed by atoms with Gasteiger partial charge in [0, 0.05) is 19.0 Å². The molecule has 1 aromatic carbocycles. The topological polar surface area (TPSA) is 54.5 Å². The second kappa shape index (κ2) is 6.37. The summed E-state index contributed by atoms with van der Waals surface area (Å²) < 4.78 is 64.6. The van der Waals surface area contributed by atoms with Crippen LogP contribution in [0, 0.1) is 0 Å². The highest BCUT2D eigenvalue weighted by Crippen LogP contribution is 2.32.